The van der Waals surface area contributed by atoms with E-state index in [4.69, 9.17) is 20.7 Å². The second-order valence-electron chi connectivity index (χ2n) is 4.40. The number of aliphatic imine (C=N–C) groups is 1. The van der Waals surface area contributed by atoms with Gasteiger partial charge in [-0.15, -0.1) is 11.8 Å². The molecule has 0 bridgehead atoms. The van der Waals surface area contributed by atoms with Crippen molar-refractivity contribution in [1.82, 2.24) is 4.90 Å². The summed E-state index contributed by atoms with van der Waals surface area (Å²) in [6.07, 6.45) is 1.52. The monoisotopic (exact) mass is 289 g/mol. The van der Waals surface area contributed by atoms with Gasteiger partial charge in [0.1, 0.15) is 22.9 Å². The molecule has 1 saturated heterocycles. The van der Waals surface area contributed by atoms with Gasteiger partial charge in [-0.3, -0.25) is 10.3 Å². The van der Waals surface area contributed by atoms with Crippen LogP contribution in [0.1, 0.15) is 0 Å². The second kappa shape index (κ2) is 7.20. The van der Waals surface area contributed by atoms with Crippen LogP contribution in [0.3, 0.4) is 0 Å². The van der Waals surface area contributed by atoms with Gasteiger partial charge in [-0.25, -0.2) is 4.99 Å². The fourth-order valence-corrected chi connectivity index (χ4v) is 2.92. The molecule has 1 fully saturated rings. The highest BCUT2D eigenvalue weighted by Gasteiger charge is 2.22. The second-order valence-corrected chi connectivity index (χ2v) is 5.49. The van der Waals surface area contributed by atoms with E-state index in [1.807, 2.05) is 6.07 Å². The van der Waals surface area contributed by atoms with E-state index < -0.39 is 5.92 Å². The van der Waals surface area contributed by atoms with Crippen molar-refractivity contribution >= 4 is 22.6 Å². The van der Waals surface area contributed by atoms with E-state index in [0.29, 0.717) is 10.6 Å². The number of hydrogen-bond donors (Lipinski definition) is 1. The summed E-state index contributed by atoms with van der Waals surface area (Å²) in [7, 11) is 0. The van der Waals surface area contributed by atoms with Crippen molar-refractivity contribution in [3.63, 3.8) is 0 Å². The molecule has 2 rings (SSSR count). The lowest BCUT2D eigenvalue weighted by Gasteiger charge is -2.26. The van der Waals surface area contributed by atoms with Crippen LogP contribution < -0.4 is 0 Å². The third kappa shape index (κ3) is 3.67. The summed E-state index contributed by atoms with van der Waals surface area (Å²) in [5.74, 6) is 0.121. The number of thioether (sulfide) groups is 1. The highest BCUT2D eigenvalue weighted by Crippen LogP contribution is 2.21. The summed E-state index contributed by atoms with van der Waals surface area (Å²) in [6.45, 7) is 4.30. The van der Waals surface area contributed by atoms with Crippen molar-refractivity contribution < 1.29 is 4.74 Å². The Kier molecular flexibility index (Phi) is 5.31. The van der Waals surface area contributed by atoms with Gasteiger partial charge in [-0.1, -0.05) is 0 Å². The van der Waals surface area contributed by atoms with E-state index in [1.165, 1.54) is 17.8 Å². The Balaban J connectivity index is 1.88. The van der Waals surface area contributed by atoms with Crippen LogP contribution in [0, 0.1) is 34.0 Å². The third-order valence-electron chi connectivity index (χ3n) is 3.09. The van der Waals surface area contributed by atoms with Crippen molar-refractivity contribution in [2.75, 3.05) is 38.6 Å². The standard InChI is InChI=1S/C13H15N5OS/c14-8-10-7-11(9-15)13(17-12(10)16)20-6-3-18-1-4-19-5-2-18/h7,10,16H,1-6H2. The largest absolute Gasteiger partial charge is 0.379 e. The molecule has 0 radical (unpaired) electrons. The number of nitrogens with zero attached hydrogens (tertiary/aromatic N) is 4. The predicted molar refractivity (Wildman–Crippen MR) is 77.7 cm³/mol. The first-order valence-electron chi connectivity index (χ1n) is 6.36. The zero-order valence-electron chi connectivity index (χ0n) is 11.0. The van der Waals surface area contributed by atoms with Crippen LogP contribution in [0.2, 0.25) is 0 Å². The van der Waals surface area contributed by atoms with Crippen LogP contribution in [0.15, 0.2) is 16.6 Å². The maximum Gasteiger partial charge on any atom is 0.143 e. The Morgan fingerprint density at radius 3 is 2.85 bits per heavy atom. The van der Waals surface area contributed by atoms with E-state index in [0.717, 1.165) is 38.6 Å². The van der Waals surface area contributed by atoms with Crippen LogP contribution in [0.5, 0.6) is 0 Å². The lowest BCUT2D eigenvalue weighted by Crippen LogP contribution is -2.37. The Morgan fingerprint density at radius 1 is 1.45 bits per heavy atom. The smallest absolute Gasteiger partial charge is 0.143 e. The van der Waals surface area contributed by atoms with Crippen LogP contribution in [-0.4, -0.2) is 54.4 Å². The molecule has 104 valence electrons. The summed E-state index contributed by atoms with van der Waals surface area (Å²) >= 11 is 1.47. The number of ether oxygens (including phenoxy) is 1. The molecule has 2 aliphatic rings. The normalized spacial score (nSPS) is 23.5. The summed E-state index contributed by atoms with van der Waals surface area (Å²) in [5.41, 5.74) is 0.402. The van der Waals surface area contributed by atoms with Crippen LogP contribution in [-0.2, 0) is 4.74 Å². The zero-order valence-corrected chi connectivity index (χ0v) is 11.8. The molecule has 0 aromatic heterocycles. The molecule has 2 aliphatic heterocycles. The van der Waals surface area contributed by atoms with Crippen LogP contribution >= 0.6 is 11.8 Å². The average molecular weight is 289 g/mol. The molecule has 20 heavy (non-hydrogen) atoms. The number of morpholine rings is 1. The van der Waals surface area contributed by atoms with Crippen molar-refractivity contribution in [1.29, 1.82) is 15.9 Å². The lowest BCUT2D eigenvalue weighted by atomic mass is 10.0. The van der Waals surface area contributed by atoms with Gasteiger partial charge >= 0.3 is 0 Å². The number of nitriles is 2. The molecule has 0 aromatic carbocycles. The molecule has 0 amide bonds. The molecule has 7 heteroatoms. The molecule has 1 N–H and O–H groups in total. The van der Waals surface area contributed by atoms with Crippen molar-refractivity contribution in [3.05, 3.63) is 11.6 Å². The summed E-state index contributed by atoms with van der Waals surface area (Å²) in [4.78, 5) is 6.38. The van der Waals surface area contributed by atoms with Crippen LogP contribution in [0.4, 0.5) is 0 Å². The minimum atomic E-state index is -0.701. The maximum absolute atomic E-state index is 9.09. The Bertz CT molecular complexity index is 522. The van der Waals surface area contributed by atoms with E-state index in [1.54, 1.807) is 0 Å². The fourth-order valence-electron chi connectivity index (χ4n) is 1.95. The number of dihydropyridines is 1. The molecular formula is C13H15N5OS. The minimum absolute atomic E-state index is 0.0142. The maximum atomic E-state index is 9.09. The Morgan fingerprint density at radius 2 is 2.20 bits per heavy atom. The first-order valence-corrected chi connectivity index (χ1v) is 7.35. The highest BCUT2D eigenvalue weighted by molar-refractivity contribution is 8.14. The van der Waals surface area contributed by atoms with Crippen molar-refractivity contribution in [2.45, 2.75) is 0 Å². The van der Waals surface area contributed by atoms with Crippen LogP contribution in [0.25, 0.3) is 0 Å². The number of rotatable bonds is 3. The SMILES string of the molecule is N#CC1=CC(C#N)C(=N)N=C1SCCN1CCOCC1. The first-order chi connectivity index (χ1) is 9.74. The molecule has 0 aliphatic carbocycles. The molecule has 0 spiro atoms. The molecule has 1 unspecified atom stereocenters. The molecule has 2 heterocycles. The molecule has 6 nitrogen and oxygen atoms in total. The van der Waals surface area contributed by atoms with Gasteiger partial charge in [0, 0.05) is 25.4 Å². The number of amidine groups is 1. The highest BCUT2D eigenvalue weighted by atomic mass is 32.2. The van der Waals surface area contributed by atoms with Crippen molar-refractivity contribution in [2.24, 2.45) is 10.9 Å². The van der Waals surface area contributed by atoms with E-state index in [2.05, 4.69) is 16.0 Å². The van der Waals surface area contributed by atoms with E-state index in [-0.39, 0.29) is 5.84 Å². The average Bonchev–Trinajstić information content (AvgIpc) is 2.48. The van der Waals surface area contributed by atoms with E-state index in [9.17, 15) is 0 Å². The quantitative estimate of drug-likeness (QED) is 0.837. The lowest BCUT2D eigenvalue weighted by molar-refractivity contribution is 0.0410. The third-order valence-corrected chi connectivity index (χ3v) is 4.06. The Labute approximate surface area is 122 Å². The Hall–Kier alpha value is -1.67. The molecule has 0 aromatic rings. The van der Waals surface area contributed by atoms with E-state index >= 15 is 0 Å². The van der Waals surface area contributed by atoms with Crippen molar-refractivity contribution in [3.8, 4) is 12.1 Å². The number of nitrogens with one attached hydrogen (secondary N) is 1. The predicted octanol–water partition coefficient (Wildman–Crippen LogP) is 1.03. The molecule has 0 saturated carbocycles. The topological polar surface area (TPSA) is 96.3 Å². The zero-order chi connectivity index (χ0) is 14.4. The van der Waals surface area contributed by atoms with Gasteiger partial charge in [0.05, 0.1) is 24.9 Å². The first kappa shape index (κ1) is 14.7. The molecular weight excluding hydrogens is 274 g/mol. The summed E-state index contributed by atoms with van der Waals surface area (Å²) in [6, 6.07) is 4.01. The summed E-state index contributed by atoms with van der Waals surface area (Å²) < 4.78 is 5.29. The fraction of sp³-hybridized carbons (Fsp3) is 0.538. The van der Waals surface area contributed by atoms with Gasteiger partial charge < -0.3 is 4.74 Å². The molecule has 1 atom stereocenters. The van der Waals surface area contributed by atoms with Gasteiger partial charge in [-0.2, -0.15) is 10.5 Å². The summed E-state index contributed by atoms with van der Waals surface area (Å²) in [5, 5.41) is 26.2. The van der Waals surface area contributed by atoms with Gasteiger partial charge in [-0.05, 0) is 6.08 Å². The van der Waals surface area contributed by atoms with Gasteiger partial charge in [0.15, 0.2) is 0 Å². The minimum Gasteiger partial charge on any atom is -0.379 e. The van der Waals surface area contributed by atoms with Gasteiger partial charge in [0.2, 0.25) is 0 Å². The number of hydrogen-bond acceptors (Lipinski definition) is 6. The van der Waals surface area contributed by atoms with Gasteiger partial charge in [0.25, 0.3) is 0 Å².